The molecule has 0 aromatic heterocycles. The van der Waals surface area contributed by atoms with E-state index in [0.717, 1.165) is 0 Å². The number of aliphatic imine (C=N–C) groups is 1. The van der Waals surface area contributed by atoms with Crippen molar-refractivity contribution < 1.29 is 14.3 Å². The topological polar surface area (TPSA) is 98.0 Å². The first-order valence-electron chi connectivity index (χ1n) is 7.35. The van der Waals surface area contributed by atoms with Gasteiger partial charge in [-0.05, 0) is 12.1 Å². The average molecular weight is 450 g/mol. The van der Waals surface area contributed by atoms with E-state index in [-0.39, 0.29) is 35.8 Å². The lowest BCUT2D eigenvalue weighted by Gasteiger charge is -2.17. The van der Waals surface area contributed by atoms with Gasteiger partial charge < -0.3 is 25.8 Å². The molecule has 1 rings (SSSR count). The van der Waals surface area contributed by atoms with Crippen molar-refractivity contribution in [3.05, 3.63) is 18.2 Å². The molecule has 1 amide bonds. The van der Waals surface area contributed by atoms with E-state index < -0.39 is 5.41 Å². The molecule has 0 saturated carbocycles. The Morgan fingerprint density at radius 1 is 1.25 bits per heavy atom. The highest BCUT2D eigenvalue weighted by Crippen LogP contribution is 2.28. The molecule has 0 fully saturated rings. The second-order valence-corrected chi connectivity index (χ2v) is 5.96. The summed E-state index contributed by atoms with van der Waals surface area (Å²) < 4.78 is 10.4. The fourth-order valence-corrected chi connectivity index (χ4v) is 1.70. The molecule has 0 unspecified atom stereocenters. The summed E-state index contributed by atoms with van der Waals surface area (Å²) in [6.07, 6.45) is 0. The van der Waals surface area contributed by atoms with Crippen LogP contribution in [0.5, 0.6) is 11.5 Å². The Labute approximate surface area is 160 Å². The maximum absolute atomic E-state index is 11.7. The molecule has 0 bridgehead atoms. The molecule has 4 N–H and O–H groups in total. The minimum atomic E-state index is -0.415. The van der Waals surface area contributed by atoms with Crippen LogP contribution in [-0.4, -0.2) is 39.2 Å². The summed E-state index contributed by atoms with van der Waals surface area (Å²) in [5.74, 6) is 1.53. The third-order valence-electron chi connectivity index (χ3n) is 3.03. The first kappa shape index (κ1) is 22.3. The molecule has 0 spiro atoms. The number of benzene rings is 1. The van der Waals surface area contributed by atoms with E-state index in [1.54, 1.807) is 32.4 Å². The van der Waals surface area contributed by atoms with Crippen LogP contribution >= 0.6 is 24.0 Å². The van der Waals surface area contributed by atoms with Crippen molar-refractivity contribution in [2.75, 3.05) is 32.6 Å². The van der Waals surface area contributed by atoms with Gasteiger partial charge in [-0.3, -0.25) is 9.79 Å². The van der Waals surface area contributed by atoms with Crippen LogP contribution < -0.4 is 25.8 Å². The van der Waals surface area contributed by atoms with Crippen molar-refractivity contribution in [1.29, 1.82) is 0 Å². The van der Waals surface area contributed by atoms with Crippen LogP contribution in [0.1, 0.15) is 20.8 Å². The number of hydrogen-bond donors (Lipinski definition) is 3. The fraction of sp³-hybridized carbons (Fsp3) is 0.500. The van der Waals surface area contributed by atoms with Crippen LogP contribution in [0.2, 0.25) is 0 Å². The number of hydrogen-bond acceptors (Lipinski definition) is 4. The third-order valence-corrected chi connectivity index (χ3v) is 3.03. The van der Waals surface area contributed by atoms with Gasteiger partial charge in [-0.2, -0.15) is 0 Å². The molecular weight excluding hydrogens is 423 g/mol. The van der Waals surface area contributed by atoms with Crippen LogP contribution in [0, 0.1) is 5.41 Å². The number of anilines is 1. The molecule has 0 saturated heterocycles. The van der Waals surface area contributed by atoms with Crippen molar-refractivity contribution in [2.45, 2.75) is 20.8 Å². The number of nitrogens with zero attached hydrogens (tertiary/aromatic N) is 1. The van der Waals surface area contributed by atoms with Gasteiger partial charge in [-0.15, -0.1) is 24.0 Å². The molecular formula is C16H27IN4O3. The Morgan fingerprint density at radius 2 is 1.92 bits per heavy atom. The fourth-order valence-electron chi connectivity index (χ4n) is 1.70. The van der Waals surface area contributed by atoms with Crippen molar-refractivity contribution in [1.82, 2.24) is 5.32 Å². The van der Waals surface area contributed by atoms with Crippen molar-refractivity contribution in [3.8, 4) is 11.5 Å². The van der Waals surface area contributed by atoms with Gasteiger partial charge in [0.25, 0.3) is 0 Å². The lowest BCUT2D eigenvalue weighted by Crippen LogP contribution is -2.36. The van der Waals surface area contributed by atoms with Crippen LogP contribution in [0.25, 0.3) is 0 Å². The van der Waals surface area contributed by atoms with E-state index in [4.69, 9.17) is 15.2 Å². The molecule has 0 radical (unpaired) electrons. The van der Waals surface area contributed by atoms with Gasteiger partial charge in [0.2, 0.25) is 5.91 Å². The van der Waals surface area contributed by atoms with Crippen molar-refractivity contribution in [3.63, 3.8) is 0 Å². The van der Waals surface area contributed by atoms with Crippen molar-refractivity contribution in [2.24, 2.45) is 16.1 Å². The van der Waals surface area contributed by atoms with Gasteiger partial charge in [0.15, 0.2) is 5.96 Å². The van der Waals surface area contributed by atoms with Gasteiger partial charge in [0, 0.05) is 18.0 Å². The average Bonchev–Trinajstić information content (AvgIpc) is 2.50. The molecule has 0 aliphatic rings. The third kappa shape index (κ3) is 7.24. The highest BCUT2D eigenvalue weighted by atomic mass is 127. The van der Waals surface area contributed by atoms with Crippen LogP contribution in [0.15, 0.2) is 23.2 Å². The van der Waals surface area contributed by atoms with E-state index in [1.165, 1.54) is 0 Å². The Kier molecular flexibility index (Phi) is 9.49. The standard InChI is InChI=1S/C16H26N4O3.HI/c1-16(2,3)14(21)18-8-9-19-15(17)20-12-10-11(22-4)6-7-13(12)23-5;/h6-7,10H,8-9H2,1-5H3,(H,18,21)(H3,17,19,20);1H. The number of nitrogens with one attached hydrogen (secondary N) is 2. The molecule has 24 heavy (non-hydrogen) atoms. The van der Waals surface area contributed by atoms with E-state index in [0.29, 0.717) is 30.3 Å². The molecule has 0 aliphatic heterocycles. The second-order valence-electron chi connectivity index (χ2n) is 5.96. The number of guanidine groups is 1. The van der Waals surface area contributed by atoms with E-state index in [9.17, 15) is 4.79 Å². The molecule has 136 valence electrons. The predicted molar refractivity (Wildman–Crippen MR) is 108 cm³/mol. The van der Waals surface area contributed by atoms with Crippen LogP contribution in [0.3, 0.4) is 0 Å². The quantitative estimate of drug-likeness (QED) is 0.267. The summed E-state index contributed by atoms with van der Waals surface area (Å²) in [4.78, 5) is 15.9. The first-order chi connectivity index (χ1) is 10.8. The number of amides is 1. The van der Waals surface area contributed by atoms with Gasteiger partial charge >= 0.3 is 0 Å². The summed E-state index contributed by atoms with van der Waals surface area (Å²) in [6.45, 7) is 6.38. The molecule has 7 nitrogen and oxygen atoms in total. The number of halogens is 1. The summed E-state index contributed by atoms with van der Waals surface area (Å²) >= 11 is 0. The highest BCUT2D eigenvalue weighted by molar-refractivity contribution is 14.0. The maximum Gasteiger partial charge on any atom is 0.225 e. The van der Waals surface area contributed by atoms with Gasteiger partial charge in [-0.1, -0.05) is 20.8 Å². The highest BCUT2D eigenvalue weighted by Gasteiger charge is 2.20. The summed E-state index contributed by atoms with van der Waals surface area (Å²) in [5, 5.41) is 5.77. The minimum absolute atomic E-state index is 0. The molecule has 0 aliphatic carbocycles. The Morgan fingerprint density at radius 3 is 2.46 bits per heavy atom. The largest absolute Gasteiger partial charge is 0.497 e. The Hall–Kier alpha value is -1.71. The molecule has 0 atom stereocenters. The van der Waals surface area contributed by atoms with E-state index >= 15 is 0 Å². The molecule has 8 heteroatoms. The van der Waals surface area contributed by atoms with Gasteiger partial charge in [0.1, 0.15) is 11.5 Å². The lowest BCUT2D eigenvalue weighted by molar-refractivity contribution is -0.128. The zero-order valence-electron chi connectivity index (χ0n) is 14.8. The first-order valence-corrected chi connectivity index (χ1v) is 7.35. The normalized spacial score (nSPS) is 11.3. The monoisotopic (exact) mass is 450 g/mol. The second kappa shape index (κ2) is 10.2. The SMILES string of the molecule is COc1ccc(OC)c(NC(N)=NCCNC(=O)C(C)(C)C)c1.I. The number of carbonyl (C=O) groups is 1. The van der Waals surface area contributed by atoms with Gasteiger partial charge in [0.05, 0.1) is 26.5 Å². The Balaban J connectivity index is 0.00000529. The smallest absolute Gasteiger partial charge is 0.225 e. The summed E-state index contributed by atoms with van der Waals surface area (Å²) in [5.41, 5.74) is 6.10. The number of nitrogens with two attached hydrogens (primary N) is 1. The zero-order valence-corrected chi connectivity index (χ0v) is 17.1. The van der Waals surface area contributed by atoms with E-state index in [1.807, 2.05) is 20.8 Å². The number of carbonyl (C=O) groups excluding carboxylic acids is 1. The number of rotatable bonds is 6. The van der Waals surface area contributed by atoms with Crippen LogP contribution in [-0.2, 0) is 4.79 Å². The predicted octanol–water partition coefficient (Wildman–Crippen LogP) is 2.21. The number of methoxy groups -OCH3 is 2. The van der Waals surface area contributed by atoms with Crippen molar-refractivity contribution >= 4 is 41.5 Å². The summed E-state index contributed by atoms with van der Waals surface area (Å²) in [7, 11) is 3.16. The van der Waals surface area contributed by atoms with E-state index in [2.05, 4.69) is 15.6 Å². The number of ether oxygens (including phenoxy) is 2. The van der Waals surface area contributed by atoms with Gasteiger partial charge in [-0.25, -0.2) is 0 Å². The zero-order chi connectivity index (χ0) is 17.5. The Bertz CT molecular complexity index is 571. The lowest BCUT2D eigenvalue weighted by atomic mass is 9.96. The maximum atomic E-state index is 11.7. The molecule has 1 aromatic carbocycles. The summed E-state index contributed by atoms with van der Waals surface area (Å²) in [6, 6.07) is 5.33. The van der Waals surface area contributed by atoms with Crippen LogP contribution in [0.4, 0.5) is 5.69 Å². The molecule has 0 heterocycles. The molecule has 1 aromatic rings. The minimum Gasteiger partial charge on any atom is -0.497 e.